The maximum absolute atomic E-state index is 12.9. The largest absolute Gasteiger partial charge is 0.256 e. The Balaban J connectivity index is 0.000000606. The lowest BCUT2D eigenvalue weighted by Crippen LogP contribution is -1.82. The van der Waals surface area contributed by atoms with Crippen LogP contribution in [0, 0.1) is 5.82 Å². The average Bonchev–Trinajstić information content (AvgIpc) is 2.31. The molecule has 1 aromatic carbocycles. The van der Waals surface area contributed by atoms with E-state index in [0.29, 0.717) is 0 Å². The molecule has 1 heterocycles. The molecule has 0 atom stereocenters. The van der Waals surface area contributed by atoms with Gasteiger partial charge in [-0.25, -0.2) is 4.39 Å². The van der Waals surface area contributed by atoms with Crippen molar-refractivity contribution in [3.05, 3.63) is 47.9 Å². The van der Waals surface area contributed by atoms with E-state index < -0.39 is 0 Å². The molecule has 0 bridgehead atoms. The van der Waals surface area contributed by atoms with Crippen molar-refractivity contribution in [3.63, 3.8) is 0 Å². The molecule has 2 aromatic rings. The van der Waals surface area contributed by atoms with E-state index in [1.807, 2.05) is 39.0 Å². The van der Waals surface area contributed by atoms with Crippen LogP contribution in [0.5, 0.6) is 0 Å². The van der Waals surface area contributed by atoms with Crippen molar-refractivity contribution in [2.24, 2.45) is 0 Å². The van der Waals surface area contributed by atoms with Gasteiger partial charge in [-0.1, -0.05) is 26.0 Å². The van der Waals surface area contributed by atoms with E-state index in [9.17, 15) is 4.39 Å². The summed E-state index contributed by atoms with van der Waals surface area (Å²) in [4.78, 5) is 4.22. The van der Waals surface area contributed by atoms with Gasteiger partial charge in [0.05, 0.1) is 5.52 Å². The van der Waals surface area contributed by atoms with Gasteiger partial charge in [-0.15, -0.1) is 0 Å². The average molecular weight is 217 g/mol. The highest BCUT2D eigenvalue weighted by atomic mass is 19.1. The van der Waals surface area contributed by atoms with Crippen LogP contribution in [-0.2, 0) is 0 Å². The fourth-order valence-corrected chi connectivity index (χ4v) is 1.40. The molecule has 0 spiro atoms. The zero-order valence-electron chi connectivity index (χ0n) is 9.87. The van der Waals surface area contributed by atoms with Crippen LogP contribution in [0.3, 0.4) is 0 Å². The first-order valence-corrected chi connectivity index (χ1v) is 5.47. The number of hydrogen-bond donors (Lipinski definition) is 0. The van der Waals surface area contributed by atoms with Crippen molar-refractivity contribution >= 4 is 17.0 Å². The number of pyridine rings is 1. The zero-order valence-corrected chi connectivity index (χ0v) is 9.87. The Hall–Kier alpha value is -1.70. The van der Waals surface area contributed by atoms with E-state index in [2.05, 4.69) is 4.98 Å². The van der Waals surface area contributed by atoms with Gasteiger partial charge in [0.1, 0.15) is 5.82 Å². The maximum atomic E-state index is 12.9. The zero-order chi connectivity index (χ0) is 12.0. The summed E-state index contributed by atoms with van der Waals surface area (Å²) < 4.78 is 12.9. The molecule has 2 heteroatoms. The molecule has 0 saturated heterocycles. The smallest absolute Gasteiger partial charge is 0.123 e. The Kier molecular flexibility index (Phi) is 4.65. The minimum absolute atomic E-state index is 0.225. The van der Waals surface area contributed by atoms with Gasteiger partial charge in [0.25, 0.3) is 0 Å². The van der Waals surface area contributed by atoms with E-state index >= 15 is 0 Å². The lowest BCUT2D eigenvalue weighted by atomic mass is 10.1. The van der Waals surface area contributed by atoms with Crippen molar-refractivity contribution < 1.29 is 4.39 Å². The van der Waals surface area contributed by atoms with E-state index in [1.54, 1.807) is 12.3 Å². The molecule has 1 nitrogen and oxygen atoms in total. The van der Waals surface area contributed by atoms with Crippen LogP contribution >= 0.6 is 0 Å². The highest BCUT2D eigenvalue weighted by molar-refractivity contribution is 5.80. The lowest BCUT2D eigenvalue weighted by molar-refractivity contribution is 0.629. The molecule has 0 aliphatic heterocycles. The fraction of sp³-hybridized carbons (Fsp3) is 0.214. The highest BCUT2D eigenvalue weighted by Gasteiger charge is 1.97. The van der Waals surface area contributed by atoms with Gasteiger partial charge in [0.2, 0.25) is 0 Å². The molecule has 16 heavy (non-hydrogen) atoms. The van der Waals surface area contributed by atoms with Gasteiger partial charge in [-0.05, 0) is 36.8 Å². The van der Waals surface area contributed by atoms with Gasteiger partial charge in [-0.2, -0.15) is 0 Å². The van der Waals surface area contributed by atoms with Gasteiger partial charge < -0.3 is 0 Å². The van der Waals surface area contributed by atoms with Crippen LogP contribution in [0.4, 0.5) is 4.39 Å². The van der Waals surface area contributed by atoms with Crippen LogP contribution in [0.2, 0.25) is 0 Å². The molecule has 0 fully saturated rings. The Morgan fingerprint density at radius 2 is 1.94 bits per heavy atom. The summed E-state index contributed by atoms with van der Waals surface area (Å²) in [5.41, 5.74) is 1.81. The third-order valence-corrected chi connectivity index (χ3v) is 2.02. The predicted molar refractivity (Wildman–Crippen MR) is 67.8 cm³/mol. The van der Waals surface area contributed by atoms with Crippen molar-refractivity contribution in [2.75, 3.05) is 0 Å². The fourth-order valence-electron chi connectivity index (χ4n) is 1.40. The number of hydrogen-bond acceptors (Lipinski definition) is 1. The van der Waals surface area contributed by atoms with Crippen molar-refractivity contribution in [1.82, 2.24) is 4.98 Å². The first-order chi connectivity index (χ1) is 7.79. The highest BCUT2D eigenvalue weighted by Crippen LogP contribution is 2.15. The van der Waals surface area contributed by atoms with Gasteiger partial charge in [-0.3, -0.25) is 4.98 Å². The van der Waals surface area contributed by atoms with Crippen molar-refractivity contribution in [3.8, 4) is 0 Å². The summed E-state index contributed by atoms with van der Waals surface area (Å²) in [6.07, 6.45) is 5.65. The molecular weight excluding hydrogens is 201 g/mol. The Morgan fingerprint density at radius 3 is 2.62 bits per heavy atom. The SMILES string of the molecule is C/C=C/c1cnc2ccc(F)cc2c1.CC. The summed E-state index contributed by atoms with van der Waals surface area (Å²) in [7, 11) is 0. The Bertz CT molecular complexity index is 489. The lowest BCUT2D eigenvalue weighted by Gasteiger charge is -1.98. The third kappa shape index (κ3) is 2.89. The number of allylic oxidation sites excluding steroid dienone is 1. The number of fused-ring (bicyclic) bond motifs is 1. The second-order valence-corrected chi connectivity index (χ2v) is 3.11. The molecule has 1 aromatic heterocycles. The molecule has 0 N–H and O–H groups in total. The first-order valence-electron chi connectivity index (χ1n) is 5.47. The number of halogens is 1. The standard InChI is InChI=1S/C12H10FN.C2H6/c1-2-3-9-6-10-7-11(13)4-5-12(10)14-8-9;1-2/h2-8H,1H3;1-2H3/b3-2+;. The normalized spacial score (nSPS) is 10.2. The number of aromatic nitrogens is 1. The predicted octanol–water partition coefficient (Wildman–Crippen LogP) is 4.43. The van der Waals surface area contributed by atoms with Gasteiger partial charge >= 0.3 is 0 Å². The summed E-state index contributed by atoms with van der Waals surface area (Å²) in [5, 5.41) is 0.834. The molecule has 2 rings (SSSR count). The van der Waals surface area contributed by atoms with E-state index in [0.717, 1.165) is 16.5 Å². The minimum Gasteiger partial charge on any atom is -0.256 e. The van der Waals surface area contributed by atoms with Gasteiger partial charge in [0.15, 0.2) is 0 Å². The molecule has 0 amide bonds. The van der Waals surface area contributed by atoms with Crippen molar-refractivity contribution in [2.45, 2.75) is 20.8 Å². The number of rotatable bonds is 1. The molecule has 0 aliphatic carbocycles. The third-order valence-electron chi connectivity index (χ3n) is 2.02. The quantitative estimate of drug-likeness (QED) is 0.688. The second-order valence-electron chi connectivity index (χ2n) is 3.11. The molecule has 0 aliphatic rings. The van der Waals surface area contributed by atoms with Crippen molar-refractivity contribution in [1.29, 1.82) is 0 Å². The van der Waals surface area contributed by atoms with Crippen LogP contribution in [0.1, 0.15) is 26.3 Å². The molecule has 0 unspecified atom stereocenters. The summed E-state index contributed by atoms with van der Waals surface area (Å²) in [5.74, 6) is -0.225. The molecular formula is C14H16FN. The second kappa shape index (κ2) is 6.01. The first kappa shape index (κ1) is 12.4. The number of benzene rings is 1. The molecule has 0 radical (unpaired) electrons. The van der Waals surface area contributed by atoms with Crippen LogP contribution in [0.15, 0.2) is 36.5 Å². The maximum Gasteiger partial charge on any atom is 0.123 e. The minimum atomic E-state index is -0.225. The Labute approximate surface area is 95.6 Å². The van der Waals surface area contributed by atoms with Gasteiger partial charge in [0, 0.05) is 11.6 Å². The molecule has 84 valence electrons. The topological polar surface area (TPSA) is 12.9 Å². The van der Waals surface area contributed by atoms with Crippen LogP contribution < -0.4 is 0 Å². The Morgan fingerprint density at radius 1 is 1.19 bits per heavy atom. The van der Waals surface area contributed by atoms with E-state index in [4.69, 9.17) is 0 Å². The number of nitrogens with zero attached hydrogens (tertiary/aromatic N) is 1. The summed E-state index contributed by atoms with van der Waals surface area (Å²) >= 11 is 0. The van der Waals surface area contributed by atoms with Crippen LogP contribution in [-0.4, -0.2) is 4.98 Å². The summed E-state index contributed by atoms with van der Waals surface area (Å²) in [6.45, 7) is 5.94. The monoisotopic (exact) mass is 217 g/mol. The summed E-state index contributed by atoms with van der Waals surface area (Å²) in [6, 6.07) is 6.52. The molecule has 0 saturated carbocycles. The van der Waals surface area contributed by atoms with E-state index in [1.165, 1.54) is 12.1 Å². The van der Waals surface area contributed by atoms with E-state index in [-0.39, 0.29) is 5.82 Å². The van der Waals surface area contributed by atoms with Crippen LogP contribution in [0.25, 0.3) is 17.0 Å².